The first-order valence-corrected chi connectivity index (χ1v) is 9.29. The van der Waals surface area contributed by atoms with Gasteiger partial charge in [-0.2, -0.15) is 0 Å². The summed E-state index contributed by atoms with van der Waals surface area (Å²) in [6, 6.07) is 8.32. The van der Waals surface area contributed by atoms with E-state index in [1.807, 2.05) is 46.5 Å². The number of thioether (sulfide) groups is 1. The fourth-order valence-electron chi connectivity index (χ4n) is 2.00. The fourth-order valence-corrected chi connectivity index (χ4v) is 3.43. The summed E-state index contributed by atoms with van der Waals surface area (Å²) in [5.41, 5.74) is -0.00195. The fraction of sp³-hybridized carbons (Fsp3) is 0.118. The van der Waals surface area contributed by atoms with Gasteiger partial charge < -0.3 is 13.7 Å². The van der Waals surface area contributed by atoms with E-state index in [-0.39, 0.29) is 5.75 Å². The molecule has 2 aromatic heterocycles. The molecule has 0 N–H and O–H groups in total. The Balaban J connectivity index is 1.70. The van der Waals surface area contributed by atoms with Crippen LogP contribution in [-0.4, -0.2) is 15.5 Å². The monoisotopic (exact) mass is 468 g/mol. The van der Waals surface area contributed by atoms with Crippen molar-refractivity contribution < 1.29 is 13.9 Å². The highest BCUT2D eigenvalue weighted by atomic mass is 127. The predicted molar refractivity (Wildman–Crippen MR) is 102 cm³/mol. The van der Waals surface area contributed by atoms with Gasteiger partial charge in [-0.1, -0.05) is 23.9 Å². The molecule has 128 valence electrons. The molecule has 0 radical (unpaired) electrons. The van der Waals surface area contributed by atoms with E-state index in [2.05, 4.69) is 4.98 Å². The molecule has 0 atom stereocenters. The molecule has 0 aliphatic carbocycles. The highest BCUT2D eigenvalue weighted by molar-refractivity contribution is 14.1. The molecule has 1 aromatic carbocycles. The third-order valence-corrected chi connectivity index (χ3v) is 5.29. The van der Waals surface area contributed by atoms with Crippen molar-refractivity contribution in [3.05, 3.63) is 74.1 Å². The third-order valence-electron chi connectivity index (χ3n) is 3.27. The first kappa shape index (κ1) is 17.7. The van der Waals surface area contributed by atoms with E-state index in [0.717, 1.165) is 8.73 Å². The summed E-state index contributed by atoms with van der Waals surface area (Å²) in [6.07, 6.45) is 4.71. The summed E-state index contributed by atoms with van der Waals surface area (Å²) in [6.45, 7) is 0. The Morgan fingerprint density at radius 1 is 1.40 bits per heavy atom. The molecule has 8 heteroatoms. The van der Waals surface area contributed by atoms with E-state index in [0.29, 0.717) is 17.1 Å². The number of imidazole rings is 1. The Kier molecular flexibility index (Phi) is 5.59. The molecule has 0 bridgehead atoms. The van der Waals surface area contributed by atoms with Gasteiger partial charge in [-0.3, -0.25) is 4.79 Å². The quantitative estimate of drug-likeness (QED) is 0.324. The van der Waals surface area contributed by atoms with Gasteiger partial charge in [-0.05, 0) is 34.7 Å². The van der Waals surface area contributed by atoms with Gasteiger partial charge in [0.2, 0.25) is 11.2 Å². The lowest BCUT2D eigenvalue weighted by atomic mass is 10.2. The van der Waals surface area contributed by atoms with Crippen molar-refractivity contribution in [3.8, 4) is 5.75 Å². The molecule has 0 amide bonds. The van der Waals surface area contributed by atoms with Crippen LogP contribution in [0, 0.1) is 3.57 Å². The van der Waals surface area contributed by atoms with Crippen molar-refractivity contribution in [3.63, 3.8) is 0 Å². The van der Waals surface area contributed by atoms with Crippen LogP contribution in [-0.2, 0) is 12.8 Å². The van der Waals surface area contributed by atoms with Crippen LogP contribution in [0.4, 0.5) is 0 Å². The molecule has 0 saturated carbocycles. The van der Waals surface area contributed by atoms with Gasteiger partial charge >= 0.3 is 5.97 Å². The molecule has 0 aliphatic rings. The summed E-state index contributed by atoms with van der Waals surface area (Å²) in [4.78, 5) is 28.5. The number of aromatic nitrogens is 2. The van der Waals surface area contributed by atoms with Crippen LogP contribution in [0.5, 0.6) is 5.75 Å². The van der Waals surface area contributed by atoms with Crippen LogP contribution in [0.1, 0.15) is 16.1 Å². The summed E-state index contributed by atoms with van der Waals surface area (Å²) in [7, 11) is 1.89. The molecule has 2 heterocycles. The van der Waals surface area contributed by atoms with Gasteiger partial charge in [0.25, 0.3) is 0 Å². The van der Waals surface area contributed by atoms with E-state index in [4.69, 9.17) is 9.15 Å². The maximum atomic E-state index is 12.2. The van der Waals surface area contributed by atoms with Crippen LogP contribution in [0.25, 0.3) is 0 Å². The largest absolute Gasteiger partial charge is 0.464 e. The number of ether oxygens (including phenoxy) is 1. The molecule has 0 unspecified atom stereocenters. The van der Waals surface area contributed by atoms with Gasteiger partial charge in [0.1, 0.15) is 12.0 Å². The van der Waals surface area contributed by atoms with Gasteiger partial charge in [0.05, 0.1) is 11.3 Å². The molecular weight excluding hydrogens is 455 g/mol. The summed E-state index contributed by atoms with van der Waals surface area (Å²) in [5, 5.41) is 0.816. The van der Waals surface area contributed by atoms with Crippen molar-refractivity contribution in [1.29, 1.82) is 0 Å². The van der Waals surface area contributed by atoms with E-state index in [1.165, 1.54) is 24.1 Å². The van der Waals surface area contributed by atoms with E-state index in [1.54, 1.807) is 24.4 Å². The Morgan fingerprint density at radius 2 is 2.20 bits per heavy atom. The molecule has 0 saturated heterocycles. The molecule has 0 fully saturated rings. The highest BCUT2D eigenvalue weighted by Gasteiger charge is 2.15. The zero-order valence-corrected chi connectivity index (χ0v) is 16.1. The van der Waals surface area contributed by atoms with E-state index < -0.39 is 11.4 Å². The lowest BCUT2D eigenvalue weighted by Crippen LogP contribution is -2.15. The minimum atomic E-state index is -0.590. The average Bonchev–Trinajstić information content (AvgIpc) is 3.00. The van der Waals surface area contributed by atoms with E-state index in [9.17, 15) is 9.59 Å². The number of aryl methyl sites for hydroxylation is 1. The second-order valence-corrected chi connectivity index (χ2v) is 7.16. The molecular formula is C17H13IN2O4S. The zero-order chi connectivity index (χ0) is 17.8. The first-order chi connectivity index (χ1) is 12.0. The van der Waals surface area contributed by atoms with Gasteiger partial charge in [0.15, 0.2) is 5.16 Å². The van der Waals surface area contributed by atoms with Crippen molar-refractivity contribution in [2.75, 3.05) is 0 Å². The third kappa shape index (κ3) is 4.31. The minimum Gasteiger partial charge on any atom is -0.464 e. The number of rotatable bonds is 5. The molecule has 3 rings (SSSR count). The Hall–Kier alpha value is -2.07. The summed E-state index contributed by atoms with van der Waals surface area (Å²) >= 11 is 3.48. The van der Waals surface area contributed by atoms with Crippen LogP contribution >= 0.6 is 34.4 Å². The average molecular weight is 468 g/mol. The summed E-state index contributed by atoms with van der Waals surface area (Å²) in [5.74, 6) is 0.208. The lowest BCUT2D eigenvalue weighted by molar-refractivity contribution is 0.0727. The normalized spacial score (nSPS) is 10.6. The van der Waals surface area contributed by atoms with Gasteiger partial charge in [-0.15, -0.1) is 0 Å². The van der Waals surface area contributed by atoms with Crippen LogP contribution in [0.15, 0.2) is 63.4 Å². The van der Waals surface area contributed by atoms with Crippen LogP contribution in [0.2, 0.25) is 0 Å². The van der Waals surface area contributed by atoms with Crippen molar-refractivity contribution in [2.45, 2.75) is 10.9 Å². The number of hydrogen-bond acceptors (Lipinski definition) is 6. The maximum absolute atomic E-state index is 12.2. The topological polar surface area (TPSA) is 74.3 Å². The van der Waals surface area contributed by atoms with Crippen LogP contribution < -0.4 is 10.2 Å². The number of benzene rings is 1. The van der Waals surface area contributed by atoms with E-state index >= 15 is 0 Å². The van der Waals surface area contributed by atoms with Crippen molar-refractivity contribution in [2.24, 2.45) is 7.05 Å². The number of halogens is 1. The Labute approximate surface area is 161 Å². The molecule has 0 aliphatic heterocycles. The number of carbonyl (C=O) groups excluding carboxylic acids is 1. The second-order valence-electron chi connectivity index (χ2n) is 5.05. The Bertz CT molecular complexity index is 967. The first-order valence-electron chi connectivity index (χ1n) is 7.23. The SMILES string of the molecule is Cn1ccnc1SCc1cc(=O)c(OC(=O)c2ccccc2I)co1. The minimum absolute atomic E-state index is 0.129. The van der Waals surface area contributed by atoms with Gasteiger partial charge in [-0.25, -0.2) is 9.78 Å². The zero-order valence-electron chi connectivity index (χ0n) is 13.1. The second kappa shape index (κ2) is 7.87. The predicted octanol–water partition coefficient (Wildman–Crippen LogP) is 3.49. The molecule has 0 spiro atoms. The maximum Gasteiger partial charge on any atom is 0.344 e. The number of carbonyl (C=O) groups is 1. The van der Waals surface area contributed by atoms with Crippen molar-refractivity contribution in [1.82, 2.24) is 9.55 Å². The smallest absolute Gasteiger partial charge is 0.344 e. The van der Waals surface area contributed by atoms with Crippen LogP contribution in [0.3, 0.4) is 0 Å². The molecule has 6 nitrogen and oxygen atoms in total. The highest BCUT2D eigenvalue weighted by Crippen LogP contribution is 2.21. The van der Waals surface area contributed by atoms with Crippen molar-refractivity contribution >= 4 is 40.3 Å². The van der Waals surface area contributed by atoms with Gasteiger partial charge in [0, 0.05) is 29.1 Å². The number of hydrogen-bond donors (Lipinski definition) is 0. The number of nitrogens with zero attached hydrogens (tertiary/aromatic N) is 2. The molecule has 25 heavy (non-hydrogen) atoms. The molecule has 3 aromatic rings. The number of esters is 1. The Morgan fingerprint density at radius 3 is 2.88 bits per heavy atom. The standard InChI is InChI=1S/C17H13IN2O4S/c1-20-7-6-19-17(20)25-10-11-8-14(21)15(9-23-11)24-16(22)12-4-2-3-5-13(12)18/h2-9H,10H2,1H3. The lowest BCUT2D eigenvalue weighted by Gasteiger charge is -2.06. The summed E-state index contributed by atoms with van der Waals surface area (Å²) < 4.78 is 13.2.